The van der Waals surface area contributed by atoms with Gasteiger partial charge in [0.05, 0.1) is 31.9 Å². The van der Waals surface area contributed by atoms with Crippen LogP contribution >= 0.6 is 0 Å². The molecule has 282 valence electrons. The molecule has 4 aromatic rings. The molecule has 2 atom stereocenters. The smallest absolute Gasteiger partial charge is 0.421 e. The standard InChI is InChI=1S/C36H37F6N7O4/c1-52-28-10-7-24(8-11-28)21-49-33(51)30(36(40,41)42)18-31(45-49)48-22-29(53-23-25-5-3-2-4-6-25)17-27(48)9-12-32(50)46-13-15-47(16-14-46)34-43-19-26(20-44-34)35(37,38)39/h2-8,10-11,18-20,27,29H,9,12-17,21-23H2,1H3/t27-,29+/m1/s1. The predicted octanol–water partition coefficient (Wildman–Crippen LogP) is 5.42. The Kier molecular flexibility index (Phi) is 11.2. The van der Waals surface area contributed by atoms with Gasteiger partial charge in [0.15, 0.2) is 0 Å². The molecule has 1 amide bonds. The van der Waals surface area contributed by atoms with Crippen LogP contribution in [-0.2, 0) is 35.0 Å². The van der Waals surface area contributed by atoms with Gasteiger partial charge in [0, 0.05) is 63.6 Å². The van der Waals surface area contributed by atoms with Gasteiger partial charge in [-0.2, -0.15) is 31.4 Å². The first kappa shape index (κ1) is 37.6. The highest BCUT2D eigenvalue weighted by Crippen LogP contribution is 2.34. The highest BCUT2D eigenvalue weighted by molar-refractivity contribution is 5.76. The Morgan fingerprint density at radius 3 is 2.19 bits per heavy atom. The first-order chi connectivity index (χ1) is 25.3. The highest BCUT2D eigenvalue weighted by atomic mass is 19.4. The predicted molar refractivity (Wildman–Crippen MR) is 181 cm³/mol. The van der Waals surface area contributed by atoms with Crippen molar-refractivity contribution >= 4 is 17.7 Å². The number of hydrogen-bond acceptors (Lipinski definition) is 9. The maximum atomic E-state index is 14.3. The summed E-state index contributed by atoms with van der Waals surface area (Å²) in [5, 5.41) is 4.41. The number of piperazine rings is 1. The Morgan fingerprint density at radius 2 is 1.57 bits per heavy atom. The molecule has 0 N–H and O–H groups in total. The summed E-state index contributed by atoms with van der Waals surface area (Å²) >= 11 is 0. The SMILES string of the molecule is COc1ccc(Cn2nc(N3C[C@@H](OCc4ccccc4)C[C@H]3CCC(=O)N3CCN(c4ncc(C(F)(F)F)cn4)CC3)cc(C(F)(F)F)c2=O)cc1. The van der Waals surface area contributed by atoms with E-state index in [-0.39, 0.29) is 63.3 Å². The van der Waals surface area contributed by atoms with Gasteiger partial charge in [-0.15, -0.1) is 0 Å². The molecule has 11 nitrogen and oxygen atoms in total. The Balaban J connectivity index is 1.18. The van der Waals surface area contributed by atoms with Crippen molar-refractivity contribution in [2.75, 3.05) is 49.6 Å². The molecule has 2 aliphatic rings. The van der Waals surface area contributed by atoms with Crippen molar-refractivity contribution in [3.8, 4) is 5.75 Å². The minimum absolute atomic E-state index is 0.0566. The fourth-order valence-electron chi connectivity index (χ4n) is 6.45. The third-order valence-corrected chi connectivity index (χ3v) is 9.33. The van der Waals surface area contributed by atoms with Gasteiger partial charge in [0.2, 0.25) is 11.9 Å². The fraction of sp³-hybridized carbons (Fsp3) is 0.417. The van der Waals surface area contributed by atoms with Crippen LogP contribution in [-0.4, -0.2) is 82.5 Å². The number of amides is 1. The van der Waals surface area contributed by atoms with Gasteiger partial charge in [0.25, 0.3) is 5.56 Å². The second kappa shape index (κ2) is 15.8. The molecular formula is C36H37F6N7O4. The van der Waals surface area contributed by atoms with Gasteiger partial charge in [0.1, 0.15) is 17.1 Å². The summed E-state index contributed by atoms with van der Waals surface area (Å²) in [5.41, 5.74) is -2.12. The first-order valence-corrected chi connectivity index (χ1v) is 16.9. The lowest BCUT2D eigenvalue weighted by Gasteiger charge is -2.35. The van der Waals surface area contributed by atoms with E-state index < -0.39 is 41.2 Å². The van der Waals surface area contributed by atoms with Crippen molar-refractivity contribution < 1.29 is 40.6 Å². The number of aromatic nitrogens is 4. The van der Waals surface area contributed by atoms with Crippen molar-refractivity contribution in [2.24, 2.45) is 0 Å². The molecule has 2 aromatic carbocycles. The molecule has 6 rings (SSSR count). The van der Waals surface area contributed by atoms with E-state index in [0.29, 0.717) is 30.8 Å². The van der Waals surface area contributed by atoms with Crippen molar-refractivity contribution in [3.05, 3.63) is 106 Å². The van der Waals surface area contributed by atoms with Crippen molar-refractivity contribution in [2.45, 2.75) is 56.9 Å². The number of benzene rings is 2. The van der Waals surface area contributed by atoms with Crippen molar-refractivity contribution in [3.63, 3.8) is 0 Å². The van der Waals surface area contributed by atoms with E-state index in [2.05, 4.69) is 15.1 Å². The molecule has 0 spiro atoms. The number of carbonyl (C=O) groups is 1. The van der Waals surface area contributed by atoms with Crippen LogP contribution in [0, 0.1) is 0 Å². The topological polar surface area (TPSA) is 106 Å². The first-order valence-electron chi connectivity index (χ1n) is 16.9. The lowest BCUT2D eigenvalue weighted by molar-refractivity contribution is -0.139. The summed E-state index contributed by atoms with van der Waals surface area (Å²) in [7, 11) is 1.49. The van der Waals surface area contributed by atoms with E-state index >= 15 is 0 Å². The van der Waals surface area contributed by atoms with Crippen molar-refractivity contribution in [1.82, 2.24) is 24.6 Å². The second-order valence-electron chi connectivity index (χ2n) is 12.9. The summed E-state index contributed by atoms with van der Waals surface area (Å²) in [6.45, 7) is 1.43. The minimum Gasteiger partial charge on any atom is -0.497 e. The molecule has 2 fully saturated rings. The largest absolute Gasteiger partial charge is 0.497 e. The van der Waals surface area contributed by atoms with Gasteiger partial charge >= 0.3 is 12.4 Å². The van der Waals surface area contributed by atoms with Crippen molar-refractivity contribution in [1.29, 1.82) is 0 Å². The molecule has 0 aliphatic carbocycles. The van der Waals surface area contributed by atoms with E-state index in [1.54, 1.807) is 39.0 Å². The Labute approximate surface area is 300 Å². The van der Waals surface area contributed by atoms with Gasteiger partial charge in [-0.3, -0.25) is 9.59 Å². The van der Waals surface area contributed by atoms with Crippen LogP contribution in [0.2, 0.25) is 0 Å². The van der Waals surface area contributed by atoms with E-state index in [1.165, 1.54) is 7.11 Å². The molecule has 0 saturated carbocycles. The molecule has 17 heteroatoms. The lowest BCUT2D eigenvalue weighted by Crippen LogP contribution is -2.49. The summed E-state index contributed by atoms with van der Waals surface area (Å²) in [6, 6.07) is 16.3. The normalized spacial score (nSPS) is 18.1. The fourth-order valence-corrected chi connectivity index (χ4v) is 6.45. The van der Waals surface area contributed by atoms with Crippen LogP contribution in [0.25, 0.3) is 0 Å². The second-order valence-corrected chi connectivity index (χ2v) is 12.9. The third kappa shape index (κ3) is 9.25. The quantitative estimate of drug-likeness (QED) is 0.186. The average molecular weight is 746 g/mol. The summed E-state index contributed by atoms with van der Waals surface area (Å²) in [6.07, 6.45) is -7.71. The Bertz CT molecular complexity index is 1900. The molecule has 4 heterocycles. The molecule has 2 aliphatic heterocycles. The number of halogens is 6. The van der Waals surface area contributed by atoms with Crippen LogP contribution in [0.3, 0.4) is 0 Å². The van der Waals surface area contributed by atoms with Crippen LogP contribution in [0.15, 0.2) is 77.9 Å². The number of hydrogen-bond donors (Lipinski definition) is 0. The van der Waals surface area contributed by atoms with Gasteiger partial charge in [-0.1, -0.05) is 42.5 Å². The van der Waals surface area contributed by atoms with Crippen LogP contribution in [0.1, 0.15) is 41.5 Å². The Morgan fingerprint density at radius 1 is 0.887 bits per heavy atom. The number of carbonyl (C=O) groups excluding carboxylic acids is 1. The minimum atomic E-state index is -4.95. The number of anilines is 2. The van der Waals surface area contributed by atoms with E-state index in [0.717, 1.165) is 28.7 Å². The van der Waals surface area contributed by atoms with Crippen LogP contribution in [0.4, 0.5) is 38.1 Å². The number of rotatable bonds is 11. The maximum absolute atomic E-state index is 14.3. The van der Waals surface area contributed by atoms with E-state index in [1.807, 2.05) is 30.3 Å². The molecule has 53 heavy (non-hydrogen) atoms. The number of methoxy groups -OCH3 is 1. The molecule has 2 saturated heterocycles. The molecule has 0 unspecified atom stereocenters. The highest BCUT2D eigenvalue weighted by Gasteiger charge is 2.39. The van der Waals surface area contributed by atoms with Crippen LogP contribution < -0.4 is 20.1 Å². The zero-order valence-corrected chi connectivity index (χ0v) is 28.7. The monoisotopic (exact) mass is 745 g/mol. The zero-order valence-electron chi connectivity index (χ0n) is 28.7. The summed E-state index contributed by atoms with van der Waals surface area (Å²) in [4.78, 5) is 39.2. The Hall–Kier alpha value is -5.19. The van der Waals surface area contributed by atoms with Gasteiger partial charge in [-0.05, 0) is 36.1 Å². The molecule has 0 radical (unpaired) electrons. The number of nitrogens with zero attached hydrogens (tertiary/aromatic N) is 7. The molecular weight excluding hydrogens is 708 g/mol. The van der Waals surface area contributed by atoms with E-state index in [9.17, 15) is 35.9 Å². The van der Waals surface area contributed by atoms with E-state index in [4.69, 9.17) is 9.47 Å². The average Bonchev–Trinajstić information content (AvgIpc) is 3.57. The number of alkyl halides is 6. The van der Waals surface area contributed by atoms with Gasteiger partial charge in [-0.25, -0.2) is 14.6 Å². The molecule has 0 bridgehead atoms. The van der Waals surface area contributed by atoms with Gasteiger partial charge < -0.3 is 24.2 Å². The summed E-state index contributed by atoms with van der Waals surface area (Å²) in [5.74, 6) is 0.441. The number of ether oxygens (including phenoxy) is 2. The molecule has 2 aromatic heterocycles. The lowest BCUT2D eigenvalue weighted by atomic mass is 10.1. The third-order valence-electron chi connectivity index (χ3n) is 9.33. The summed E-state index contributed by atoms with van der Waals surface area (Å²) < 4.78 is 93.7. The van der Waals surface area contributed by atoms with Crippen LogP contribution in [0.5, 0.6) is 5.75 Å². The zero-order chi connectivity index (χ0) is 37.8. The maximum Gasteiger partial charge on any atom is 0.421 e.